The third kappa shape index (κ3) is 6.75. The molecule has 9 nitrogen and oxygen atoms in total. The number of anilines is 2. The van der Waals surface area contributed by atoms with E-state index in [0.29, 0.717) is 22.0 Å². The number of hydrazone groups is 1. The van der Waals surface area contributed by atoms with Crippen molar-refractivity contribution in [1.29, 1.82) is 0 Å². The number of furan rings is 1. The van der Waals surface area contributed by atoms with Gasteiger partial charge in [-0.2, -0.15) is 23.3 Å². The van der Waals surface area contributed by atoms with Crippen LogP contribution < -0.4 is 15.1 Å². The monoisotopic (exact) mass is 637 g/mol. The predicted octanol–water partition coefficient (Wildman–Crippen LogP) is 7.39. The molecule has 2 heterocycles. The number of nitrogens with one attached hydrogen (secondary N) is 1. The highest BCUT2D eigenvalue weighted by Crippen LogP contribution is 2.34. The van der Waals surface area contributed by atoms with Gasteiger partial charge in [0, 0.05) is 17.3 Å². The Bertz CT molecular complexity index is 1860. The van der Waals surface area contributed by atoms with Gasteiger partial charge in [0.05, 0.1) is 41.1 Å². The summed E-state index contributed by atoms with van der Waals surface area (Å²) in [7, 11) is 1.50. The maximum atomic E-state index is 14.0. The minimum absolute atomic E-state index is 0.0403. The molecular weight excluding hydrogens is 615 g/mol. The maximum absolute atomic E-state index is 14.0. The highest BCUT2D eigenvalue weighted by molar-refractivity contribution is 6.35. The van der Waals surface area contributed by atoms with E-state index >= 15 is 0 Å². The van der Waals surface area contributed by atoms with Gasteiger partial charge in [0.1, 0.15) is 17.3 Å². The Morgan fingerprint density at radius 3 is 2.56 bits per heavy atom. The average Bonchev–Trinajstić information content (AvgIpc) is 3.62. The average molecular weight is 638 g/mol. The zero-order valence-corrected chi connectivity index (χ0v) is 24.4. The Balaban J connectivity index is 1.42. The molecule has 45 heavy (non-hydrogen) atoms. The van der Waals surface area contributed by atoms with Crippen molar-refractivity contribution in [3.05, 3.63) is 106 Å². The van der Waals surface area contributed by atoms with Crippen molar-refractivity contribution >= 4 is 52.5 Å². The highest BCUT2D eigenvalue weighted by Gasteiger charge is 2.47. The molecule has 230 valence electrons. The lowest BCUT2D eigenvalue weighted by atomic mass is 10.1. The summed E-state index contributed by atoms with van der Waals surface area (Å²) in [6.07, 6.45) is -4.05. The Morgan fingerprint density at radius 1 is 1.04 bits per heavy atom. The first-order valence-electron chi connectivity index (χ1n) is 13.3. The van der Waals surface area contributed by atoms with E-state index in [0.717, 1.165) is 6.08 Å². The van der Waals surface area contributed by atoms with Crippen molar-refractivity contribution in [1.82, 2.24) is 0 Å². The van der Waals surface area contributed by atoms with E-state index in [1.165, 1.54) is 55.6 Å². The molecule has 13 heteroatoms. The second-order valence-electron chi connectivity index (χ2n) is 9.47. The number of benzene rings is 3. The van der Waals surface area contributed by atoms with E-state index in [1.54, 1.807) is 37.3 Å². The molecule has 0 saturated carbocycles. The van der Waals surface area contributed by atoms with E-state index in [9.17, 15) is 27.6 Å². The molecule has 2 amide bonds. The minimum atomic E-state index is -4.98. The van der Waals surface area contributed by atoms with Crippen LogP contribution in [0.2, 0.25) is 5.02 Å². The largest absolute Gasteiger partial charge is 0.497 e. The van der Waals surface area contributed by atoms with Crippen LogP contribution in [0.25, 0.3) is 17.4 Å². The second-order valence-corrected chi connectivity index (χ2v) is 9.88. The zero-order chi connectivity index (χ0) is 32.3. The summed E-state index contributed by atoms with van der Waals surface area (Å²) < 4.78 is 57.9. The number of methoxy groups -OCH3 is 1. The van der Waals surface area contributed by atoms with Gasteiger partial charge in [-0.1, -0.05) is 23.7 Å². The minimum Gasteiger partial charge on any atom is -0.497 e. The summed E-state index contributed by atoms with van der Waals surface area (Å²) in [6.45, 7) is 1.70. The molecule has 0 radical (unpaired) electrons. The quantitative estimate of drug-likeness (QED) is 0.159. The molecule has 1 aliphatic heterocycles. The van der Waals surface area contributed by atoms with E-state index < -0.39 is 35.2 Å². The van der Waals surface area contributed by atoms with Gasteiger partial charge in [-0.3, -0.25) is 9.59 Å². The molecule has 0 atom stereocenters. The third-order valence-electron chi connectivity index (χ3n) is 6.48. The van der Waals surface area contributed by atoms with Gasteiger partial charge in [-0.15, -0.1) is 0 Å². The van der Waals surface area contributed by atoms with Gasteiger partial charge in [-0.05, 0) is 73.7 Å². The second kappa shape index (κ2) is 12.7. The van der Waals surface area contributed by atoms with Gasteiger partial charge in [-0.25, -0.2) is 4.79 Å². The third-order valence-corrected chi connectivity index (χ3v) is 6.81. The van der Waals surface area contributed by atoms with Crippen LogP contribution >= 0.6 is 11.6 Å². The first-order valence-corrected chi connectivity index (χ1v) is 13.7. The molecule has 1 N–H and O–H groups in total. The summed E-state index contributed by atoms with van der Waals surface area (Å²) in [5, 5.41) is 6.98. The van der Waals surface area contributed by atoms with Gasteiger partial charge < -0.3 is 19.2 Å². The molecule has 0 saturated heterocycles. The fraction of sp³-hybridized carbons (Fsp3) is 0.125. The van der Waals surface area contributed by atoms with E-state index in [4.69, 9.17) is 25.5 Å². The van der Waals surface area contributed by atoms with Crippen LogP contribution in [0.5, 0.6) is 5.75 Å². The normalized spacial score (nSPS) is 14.0. The van der Waals surface area contributed by atoms with Crippen molar-refractivity contribution in [3.8, 4) is 17.1 Å². The van der Waals surface area contributed by atoms with Crippen LogP contribution in [0.3, 0.4) is 0 Å². The Kier molecular flexibility index (Phi) is 8.77. The predicted molar refractivity (Wildman–Crippen MR) is 161 cm³/mol. The van der Waals surface area contributed by atoms with Crippen molar-refractivity contribution < 1.29 is 41.4 Å². The van der Waals surface area contributed by atoms with E-state index in [1.807, 2.05) is 0 Å². The lowest BCUT2D eigenvalue weighted by Gasteiger charge is -2.12. The molecule has 0 bridgehead atoms. The van der Waals surface area contributed by atoms with Crippen LogP contribution in [0.4, 0.5) is 24.5 Å². The molecule has 0 aliphatic carbocycles. The van der Waals surface area contributed by atoms with Crippen LogP contribution in [0, 0.1) is 0 Å². The number of nitrogens with zero attached hydrogens (tertiary/aromatic N) is 2. The molecule has 1 aliphatic rings. The lowest BCUT2D eigenvalue weighted by molar-refractivity contribution is -0.114. The lowest BCUT2D eigenvalue weighted by Crippen LogP contribution is -2.25. The standard InChI is InChI=1S/C32H23ClF3N3O6/c1-3-44-31(42)19-6-4-8-21(14-19)39-30(41)25(28(38-39)32(34,35)36)17-23-11-13-27(45-23)18-10-12-26(33)24(15-18)29(40)37-20-7-5-9-22(16-20)43-2/h4-17H,3H2,1-2H3,(H,37,40). The molecular formula is C32H23ClF3N3O6. The fourth-order valence-corrected chi connectivity index (χ4v) is 4.59. The Hall–Kier alpha value is -5.36. The summed E-state index contributed by atoms with van der Waals surface area (Å²) in [4.78, 5) is 38.3. The molecule has 0 spiro atoms. The number of hydrogen-bond donors (Lipinski definition) is 1. The van der Waals surface area contributed by atoms with Crippen LogP contribution in [-0.2, 0) is 9.53 Å². The molecule has 3 aromatic carbocycles. The van der Waals surface area contributed by atoms with Gasteiger partial charge in [0.2, 0.25) is 0 Å². The Labute approximate surface area is 259 Å². The molecule has 4 aromatic rings. The number of hydrogen-bond acceptors (Lipinski definition) is 7. The summed E-state index contributed by atoms with van der Waals surface area (Å²) in [5.41, 5.74) is -1.23. The van der Waals surface area contributed by atoms with Crippen molar-refractivity contribution in [2.45, 2.75) is 13.1 Å². The summed E-state index contributed by atoms with van der Waals surface area (Å²) >= 11 is 6.29. The molecule has 0 unspecified atom stereocenters. The first kappa shape index (κ1) is 31.1. The summed E-state index contributed by atoms with van der Waals surface area (Å²) in [5.74, 6) is -1.64. The zero-order valence-electron chi connectivity index (χ0n) is 23.6. The number of esters is 1. The number of rotatable bonds is 8. The van der Waals surface area contributed by atoms with Crippen molar-refractivity contribution in [3.63, 3.8) is 0 Å². The summed E-state index contributed by atoms with van der Waals surface area (Å²) in [6, 6.07) is 19.4. The SMILES string of the molecule is CCOC(=O)c1cccc(N2N=C(C(F)(F)F)C(=Cc3ccc(-c4ccc(Cl)c(C(=O)Nc5cccc(OC)c5)c4)o3)C2=O)c1. The van der Waals surface area contributed by atoms with Crippen LogP contribution in [0.15, 0.2) is 94.0 Å². The number of halogens is 4. The Morgan fingerprint density at radius 2 is 1.82 bits per heavy atom. The smallest absolute Gasteiger partial charge is 0.435 e. The molecule has 0 fully saturated rings. The van der Waals surface area contributed by atoms with Gasteiger partial charge >= 0.3 is 12.1 Å². The molecule has 5 rings (SSSR count). The van der Waals surface area contributed by atoms with E-state index in [-0.39, 0.29) is 40.0 Å². The number of carbonyl (C=O) groups is 3. The van der Waals surface area contributed by atoms with Crippen molar-refractivity contribution in [2.24, 2.45) is 5.10 Å². The fourth-order valence-electron chi connectivity index (χ4n) is 4.39. The highest BCUT2D eigenvalue weighted by atomic mass is 35.5. The topological polar surface area (TPSA) is 110 Å². The first-order chi connectivity index (χ1) is 21.5. The number of carbonyl (C=O) groups excluding carboxylic acids is 3. The van der Waals surface area contributed by atoms with Crippen molar-refractivity contribution in [2.75, 3.05) is 24.0 Å². The van der Waals surface area contributed by atoms with Gasteiger partial charge in [0.25, 0.3) is 11.8 Å². The van der Waals surface area contributed by atoms with Crippen LogP contribution in [-0.4, -0.2) is 43.4 Å². The number of ether oxygens (including phenoxy) is 2. The van der Waals surface area contributed by atoms with Gasteiger partial charge in [0.15, 0.2) is 5.71 Å². The molecule has 1 aromatic heterocycles. The van der Waals surface area contributed by atoms with Crippen LogP contribution in [0.1, 0.15) is 33.4 Å². The number of alkyl halides is 3. The number of amides is 2. The van der Waals surface area contributed by atoms with E-state index in [2.05, 4.69) is 10.4 Å². The maximum Gasteiger partial charge on any atom is 0.435 e.